The van der Waals surface area contributed by atoms with Crippen molar-refractivity contribution in [3.8, 4) is 0 Å². The predicted octanol–water partition coefficient (Wildman–Crippen LogP) is 1.84. The zero-order valence-corrected chi connectivity index (χ0v) is 8.72. The van der Waals surface area contributed by atoms with E-state index in [2.05, 4.69) is 18.8 Å². The average Bonchev–Trinajstić information content (AvgIpc) is 2.11. The normalized spacial score (nSPS) is 12.2. The van der Waals surface area contributed by atoms with E-state index in [0.717, 1.165) is 19.3 Å². The van der Waals surface area contributed by atoms with Crippen LogP contribution in [0.15, 0.2) is 12.2 Å². The van der Waals surface area contributed by atoms with Crippen molar-refractivity contribution in [2.24, 2.45) is 0 Å². The van der Waals surface area contributed by atoms with Crippen LogP contribution < -0.4 is 5.32 Å². The fraction of sp³-hybridized carbons (Fsp3) is 0.700. The zero-order valence-electron chi connectivity index (χ0n) is 8.72. The Morgan fingerprint density at radius 3 is 2.62 bits per heavy atom. The molecule has 0 amide bonds. The largest absolute Gasteiger partial charge is 0.443 e. The Labute approximate surface area is 80.2 Å². The van der Waals surface area contributed by atoms with Crippen molar-refractivity contribution in [2.45, 2.75) is 39.3 Å². The van der Waals surface area contributed by atoms with Crippen LogP contribution in [0.3, 0.4) is 0 Å². The summed E-state index contributed by atoms with van der Waals surface area (Å²) in [6.07, 6.45) is 2.83. The first-order valence-corrected chi connectivity index (χ1v) is 4.65. The second kappa shape index (κ2) is 6.66. The molecule has 0 bridgehead atoms. The Balaban J connectivity index is 3.83. The number of carbonyl (C=O) groups is 1. The maximum absolute atomic E-state index is 11.1. The van der Waals surface area contributed by atoms with Gasteiger partial charge in [-0.05, 0) is 26.8 Å². The Kier molecular flexibility index (Phi) is 6.24. The molecule has 0 saturated heterocycles. The number of ether oxygens (including phenoxy) is 1. The van der Waals surface area contributed by atoms with Crippen molar-refractivity contribution in [2.75, 3.05) is 7.05 Å². The van der Waals surface area contributed by atoms with Crippen LogP contribution >= 0.6 is 0 Å². The minimum absolute atomic E-state index is 0.177. The van der Waals surface area contributed by atoms with Crippen molar-refractivity contribution < 1.29 is 9.53 Å². The van der Waals surface area contributed by atoms with Crippen LogP contribution in [-0.4, -0.2) is 19.2 Å². The Hall–Kier alpha value is -0.830. The molecule has 0 aliphatic rings. The van der Waals surface area contributed by atoms with Gasteiger partial charge in [0, 0.05) is 5.57 Å². The molecular formula is C10H19NO2. The minimum Gasteiger partial charge on any atom is -0.443 e. The topological polar surface area (TPSA) is 38.3 Å². The van der Waals surface area contributed by atoms with Gasteiger partial charge in [0.25, 0.3) is 0 Å². The molecule has 1 atom stereocenters. The highest BCUT2D eigenvalue weighted by atomic mass is 16.6. The summed E-state index contributed by atoms with van der Waals surface area (Å²) in [4.78, 5) is 11.1. The van der Waals surface area contributed by atoms with Crippen molar-refractivity contribution in [3.63, 3.8) is 0 Å². The molecule has 0 spiro atoms. The lowest BCUT2D eigenvalue weighted by atomic mass is 10.2. The molecular weight excluding hydrogens is 166 g/mol. The van der Waals surface area contributed by atoms with Crippen molar-refractivity contribution in [1.29, 1.82) is 0 Å². The second-order valence-corrected chi connectivity index (χ2v) is 3.11. The first-order valence-electron chi connectivity index (χ1n) is 4.65. The quantitative estimate of drug-likeness (QED) is 0.390. The number of carbonyl (C=O) groups excluding carboxylic acids is 1. The van der Waals surface area contributed by atoms with E-state index in [0.29, 0.717) is 5.57 Å². The van der Waals surface area contributed by atoms with Gasteiger partial charge in [0.05, 0.1) is 0 Å². The molecule has 0 aromatic heterocycles. The minimum atomic E-state index is -0.324. The number of hydrogen-bond acceptors (Lipinski definition) is 3. The number of esters is 1. The van der Waals surface area contributed by atoms with Crippen LogP contribution in [0.2, 0.25) is 0 Å². The van der Waals surface area contributed by atoms with Gasteiger partial charge in [-0.1, -0.05) is 19.9 Å². The summed E-state index contributed by atoms with van der Waals surface area (Å²) in [5.74, 6) is -0.324. The summed E-state index contributed by atoms with van der Waals surface area (Å²) < 4.78 is 5.11. The molecule has 76 valence electrons. The molecule has 1 N–H and O–H groups in total. The molecule has 0 rings (SSSR count). The molecule has 0 aromatic carbocycles. The van der Waals surface area contributed by atoms with E-state index >= 15 is 0 Å². The summed E-state index contributed by atoms with van der Waals surface area (Å²) >= 11 is 0. The third-order valence-electron chi connectivity index (χ3n) is 1.74. The monoisotopic (exact) mass is 185 g/mol. The molecule has 1 unspecified atom stereocenters. The lowest BCUT2D eigenvalue weighted by Crippen LogP contribution is -2.31. The summed E-state index contributed by atoms with van der Waals surface area (Å²) in [5.41, 5.74) is 0.441. The van der Waals surface area contributed by atoms with E-state index in [1.54, 1.807) is 14.0 Å². The van der Waals surface area contributed by atoms with Crippen LogP contribution in [0.5, 0.6) is 0 Å². The molecule has 0 radical (unpaired) electrons. The first-order chi connectivity index (χ1) is 6.11. The Morgan fingerprint density at radius 1 is 1.62 bits per heavy atom. The molecule has 3 heteroatoms. The summed E-state index contributed by atoms with van der Waals surface area (Å²) in [6, 6.07) is 0. The molecule has 0 aliphatic heterocycles. The van der Waals surface area contributed by atoms with Gasteiger partial charge < -0.3 is 4.74 Å². The fourth-order valence-corrected chi connectivity index (χ4v) is 0.882. The van der Waals surface area contributed by atoms with E-state index in [1.165, 1.54) is 0 Å². The predicted molar refractivity (Wildman–Crippen MR) is 53.3 cm³/mol. The molecule has 13 heavy (non-hydrogen) atoms. The zero-order chi connectivity index (χ0) is 10.3. The van der Waals surface area contributed by atoms with Gasteiger partial charge in [-0.3, -0.25) is 5.32 Å². The van der Waals surface area contributed by atoms with Crippen molar-refractivity contribution in [3.05, 3.63) is 12.2 Å². The lowest BCUT2D eigenvalue weighted by Gasteiger charge is -2.16. The van der Waals surface area contributed by atoms with Gasteiger partial charge in [-0.2, -0.15) is 0 Å². The van der Waals surface area contributed by atoms with Gasteiger partial charge in [0.1, 0.15) is 0 Å². The number of unbranched alkanes of at least 4 members (excludes halogenated alkanes) is 1. The van der Waals surface area contributed by atoms with E-state index in [-0.39, 0.29) is 12.2 Å². The van der Waals surface area contributed by atoms with E-state index in [9.17, 15) is 4.79 Å². The maximum atomic E-state index is 11.1. The lowest BCUT2D eigenvalue weighted by molar-refractivity contribution is -0.145. The van der Waals surface area contributed by atoms with Gasteiger partial charge in [0.15, 0.2) is 6.23 Å². The molecule has 0 aliphatic carbocycles. The molecule has 0 fully saturated rings. The third-order valence-corrected chi connectivity index (χ3v) is 1.74. The van der Waals surface area contributed by atoms with Crippen LogP contribution in [0.4, 0.5) is 0 Å². The number of rotatable bonds is 6. The smallest absolute Gasteiger partial charge is 0.334 e. The summed E-state index contributed by atoms with van der Waals surface area (Å²) in [7, 11) is 1.78. The van der Waals surface area contributed by atoms with Crippen LogP contribution in [0, 0.1) is 0 Å². The van der Waals surface area contributed by atoms with E-state index in [1.807, 2.05) is 0 Å². The van der Waals surface area contributed by atoms with Gasteiger partial charge in [0.2, 0.25) is 0 Å². The van der Waals surface area contributed by atoms with E-state index in [4.69, 9.17) is 4.74 Å². The van der Waals surface area contributed by atoms with Crippen molar-refractivity contribution in [1.82, 2.24) is 5.32 Å². The molecule has 0 heterocycles. The van der Waals surface area contributed by atoms with Crippen LogP contribution in [0.1, 0.15) is 33.1 Å². The van der Waals surface area contributed by atoms with E-state index < -0.39 is 0 Å². The fourth-order valence-electron chi connectivity index (χ4n) is 0.882. The SMILES string of the molecule is C=C(C)C(=O)OC(CCCC)NC. The maximum Gasteiger partial charge on any atom is 0.334 e. The molecule has 0 saturated carbocycles. The highest BCUT2D eigenvalue weighted by Gasteiger charge is 2.11. The van der Waals surface area contributed by atoms with Crippen LogP contribution in [0.25, 0.3) is 0 Å². The first kappa shape index (κ1) is 12.2. The van der Waals surface area contributed by atoms with Gasteiger partial charge in [-0.15, -0.1) is 0 Å². The number of nitrogens with one attached hydrogen (secondary N) is 1. The highest BCUT2D eigenvalue weighted by molar-refractivity contribution is 5.87. The Bertz CT molecular complexity index is 178. The Morgan fingerprint density at radius 2 is 2.23 bits per heavy atom. The highest BCUT2D eigenvalue weighted by Crippen LogP contribution is 2.04. The molecule has 0 aromatic rings. The number of hydrogen-bond donors (Lipinski definition) is 1. The van der Waals surface area contributed by atoms with Gasteiger partial charge >= 0.3 is 5.97 Å². The summed E-state index contributed by atoms with van der Waals surface area (Å²) in [5, 5.41) is 2.94. The average molecular weight is 185 g/mol. The van der Waals surface area contributed by atoms with Crippen molar-refractivity contribution >= 4 is 5.97 Å². The third kappa shape index (κ3) is 5.42. The molecule has 3 nitrogen and oxygen atoms in total. The second-order valence-electron chi connectivity index (χ2n) is 3.11. The summed E-state index contributed by atoms with van der Waals surface area (Å²) in [6.45, 7) is 7.27. The van der Waals surface area contributed by atoms with Gasteiger partial charge in [-0.25, -0.2) is 4.79 Å². The van der Waals surface area contributed by atoms with Crippen LogP contribution in [-0.2, 0) is 9.53 Å². The standard InChI is InChI=1S/C10H19NO2/c1-5-6-7-9(11-4)13-10(12)8(2)3/h9,11H,2,5-7H2,1,3-4H3.